The molecule has 0 bridgehead atoms. The van der Waals surface area contributed by atoms with Gasteiger partial charge in [0.1, 0.15) is 23.3 Å². The van der Waals surface area contributed by atoms with Crippen LogP contribution in [-0.4, -0.2) is 24.2 Å². The fourth-order valence-electron chi connectivity index (χ4n) is 1.93. The highest BCUT2D eigenvalue weighted by atomic mass is 127. The summed E-state index contributed by atoms with van der Waals surface area (Å²) in [6, 6.07) is 9.82. The summed E-state index contributed by atoms with van der Waals surface area (Å²) in [4.78, 5) is 11.4. The predicted molar refractivity (Wildman–Crippen MR) is 104 cm³/mol. The molecule has 2 rings (SSSR count). The SMILES string of the molecule is COC(=O)C(N)Cc1ccc(Oc2ccc(O)cc2I)cc1I. The Labute approximate surface area is 161 Å². The molecule has 1 unspecified atom stereocenters. The number of carbonyl (C=O) groups excluding carboxylic acids is 1. The minimum atomic E-state index is -0.682. The van der Waals surface area contributed by atoms with Crippen LogP contribution in [0.2, 0.25) is 0 Å². The van der Waals surface area contributed by atoms with Crippen molar-refractivity contribution in [3.8, 4) is 17.2 Å². The molecule has 0 heterocycles. The van der Waals surface area contributed by atoms with Gasteiger partial charge in [-0.25, -0.2) is 0 Å². The molecular formula is C16H15I2NO4. The zero-order valence-corrected chi connectivity index (χ0v) is 16.6. The van der Waals surface area contributed by atoms with E-state index in [0.717, 1.165) is 12.7 Å². The summed E-state index contributed by atoms with van der Waals surface area (Å²) >= 11 is 4.28. The van der Waals surface area contributed by atoms with Crippen LogP contribution in [0.25, 0.3) is 0 Å². The topological polar surface area (TPSA) is 81.8 Å². The summed E-state index contributed by atoms with van der Waals surface area (Å²) in [5, 5.41) is 9.42. The van der Waals surface area contributed by atoms with Gasteiger partial charge in [-0.15, -0.1) is 0 Å². The van der Waals surface area contributed by atoms with Gasteiger partial charge in [-0.05, 0) is 87.5 Å². The Morgan fingerprint density at radius 3 is 2.57 bits per heavy atom. The van der Waals surface area contributed by atoms with E-state index in [4.69, 9.17) is 10.5 Å². The number of halogens is 2. The third-order valence-corrected chi connectivity index (χ3v) is 4.96. The number of ether oxygens (including phenoxy) is 2. The zero-order valence-electron chi connectivity index (χ0n) is 12.3. The molecule has 1 atom stereocenters. The molecule has 0 radical (unpaired) electrons. The first-order chi connectivity index (χ1) is 10.9. The van der Waals surface area contributed by atoms with Crippen LogP contribution < -0.4 is 10.5 Å². The number of esters is 1. The zero-order chi connectivity index (χ0) is 17.0. The second-order valence-corrected chi connectivity index (χ2v) is 7.13. The molecule has 3 N–H and O–H groups in total. The molecule has 0 amide bonds. The van der Waals surface area contributed by atoms with Crippen molar-refractivity contribution in [2.75, 3.05) is 7.11 Å². The number of nitrogens with two attached hydrogens (primary N) is 1. The highest BCUT2D eigenvalue weighted by Gasteiger charge is 2.16. The van der Waals surface area contributed by atoms with Crippen molar-refractivity contribution in [2.45, 2.75) is 12.5 Å². The predicted octanol–water partition coefficient (Wildman–Crippen LogP) is 3.44. The fraction of sp³-hybridized carbons (Fsp3) is 0.188. The van der Waals surface area contributed by atoms with E-state index >= 15 is 0 Å². The molecule has 0 aliphatic carbocycles. The number of carbonyl (C=O) groups is 1. The van der Waals surface area contributed by atoms with Gasteiger partial charge in [0.25, 0.3) is 0 Å². The Morgan fingerprint density at radius 1 is 1.22 bits per heavy atom. The molecule has 7 heteroatoms. The lowest BCUT2D eigenvalue weighted by Gasteiger charge is -2.13. The summed E-state index contributed by atoms with van der Waals surface area (Å²) < 4.78 is 12.2. The van der Waals surface area contributed by atoms with Gasteiger partial charge in [0.2, 0.25) is 0 Å². The van der Waals surface area contributed by atoms with Crippen LogP contribution in [0, 0.1) is 7.14 Å². The summed E-state index contributed by atoms with van der Waals surface area (Å²) in [6.45, 7) is 0. The van der Waals surface area contributed by atoms with Crippen molar-refractivity contribution in [2.24, 2.45) is 5.73 Å². The fourth-order valence-corrected chi connectivity index (χ4v) is 3.24. The first kappa shape index (κ1) is 18.3. The van der Waals surface area contributed by atoms with Crippen LogP contribution in [0.15, 0.2) is 36.4 Å². The highest BCUT2D eigenvalue weighted by Crippen LogP contribution is 2.31. The van der Waals surface area contributed by atoms with Gasteiger partial charge in [0, 0.05) is 3.57 Å². The molecule has 5 nitrogen and oxygen atoms in total. The van der Waals surface area contributed by atoms with E-state index in [9.17, 15) is 9.90 Å². The third kappa shape index (κ3) is 4.95. The van der Waals surface area contributed by atoms with Crippen molar-refractivity contribution in [3.63, 3.8) is 0 Å². The van der Waals surface area contributed by atoms with Gasteiger partial charge in [-0.2, -0.15) is 0 Å². The molecule has 0 saturated carbocycles. The molecule has 0 saturated heterocycles. The molecule has 0 fully saturated rings. The number of rotatable bonds is 5. The van der Waals surface area contributed by atoms with Crippen molar-refractivity contribution >= 4 is 51.2 Å². The van der Waals surface area contributed by atoms with Crippen LogP contribution in [0.1, 0.15) is 5.56 Å². The average Bonchev–Trinajstić information content (AvgIpc) is 2.51. The summed E-state index contributed by atoms with van der Waals surface area (Å²) in [7, 11) is 1.32. The molecule has 2 aromatic carbocycles. The molecule has 0 spiro atoms. The van der Waals surface area contributed by atoms with Gasteiger partial charge in [0.15, 0.2) is 0 Å². The lowest BCUT2D eigenvalue weighted by molar-refractivity contribution is -0.142. The molecule has 23 heavy (non-hydrogen) atoms. The van der Waals surface area contributed by atoms with E-state index in [1.54, 1.807) is 18.2 Å². The largest absolute Gasteiger partial charge is 0.508 e. The van der Waals surface area contributed by atoms with E-state index in [1.165, 1.54) is 7.11 Å². The van der Waals surface area contributed by atoms with Crippen LogP contribution in [0.5, 0.6) is 17.2 Å². The Balaban J connectivity index is 2.14. The normalized spacial score (nSPS) is 11.8. The lowest BCUT2D eigenvalue weighted by atomic mass is 10.1. The number of phenolic OH excluding ortho intramolecular Hbond substituents is 1. The first-order valence-electron chi connectivity index (χ1n) is 6.69. The van der Waals surface area contributed by atoms with E-state index in [2.05, 4.69) is 49.9 Å². The van der Waals surface area contributed by atoms with Gasteiger partial charge in [-0.1, -0.05) is 6.07 Å². The number of benzene rings is 2. The van der Waals surface area contributed by atoms with Crippen LogP contribution in [0.3, 0.4) is 0 Å². The van der Waals surface area contributed by atoms with Gasteiger partial charge in [-0.3, -0.25) is 4.79 Å². The average molecular weight is 539 g/mol. The Kier molecular flexibility index (Phi) is 6.48. The lowest BCUT2D eigenvalue weighted by Crippen LogP contribution is -2.33. The van der Waals surface area contributed by atoms with Crippen molar-refractivity contribution in [1.82, 2.24) is 0 Å². The Morgan fingerprint density at radius 2 is 1.96 bits per heavy atom. The molecule has 0 aliphatic rings. The summed E-state index contributed by atoms with van der Waals surface area (Å²) in [5.41, 5.74) is 6.75. The maximum Gasteiger partial charge on any atom is 0.322 e. The molecular weight excluding hydrogens is 524 g/mol. The molecule has 122 valence electrons. The molecule has 0 aromatic heterocycles. The smallest absolute Gasteiger partial charge is 0.322 e. The first-order valence-corrected chi connectivity index (χ1v) is 8.84. The second-order valence-electron chi connectivity index (χ2n) is 4.80. The van der Waals surface area contributed by atoms with Gasteiger partial charge >= 0.3 is 5.97 Å². The minimum Gasteiger partial charge on any atom is -0.508 e. The second kappa shape index (κ2) is 8.15. The Hall–Kier alpha value is -1.07. The van der Waals surface area contributed by atoms with Gasteiger partial charge < -0.3 is 20.3 Å². The summed E-state index contributed by atoms with van der Waals surface area (Å²) in [6.07, 6.45) is 0.405. The number of aromatic hydroxyl groups is 1. The number of methoxy groups -OCH3 is 1. The molecule has 0 aliphatic heterocycles. The molecule has 2 aromatic rings. The van der Waals surface area contributed by atoms with E-state index in [-0.39, 0.29) is 5.75 Å². The van der Waals surface area contributed by atoms with Crippen LogP contribution >= 0.6 is 45.2 Å². The van der Waals surface area contributed by atoms with Crippen molar-refractivity contribution in [1.29, 1.82) is 0 Å². The maximum atomic E-state index is 11.4. The van der Waals surface area contributed by atoms with Crippen LogP contribution in [-0.2, 0) is 16.0 Å². The maximum absolute atomic E-state index is 11.4. The number of hydrogen-bond acceptors (Lipinski definition) is 5. The van der Waals surface area contributed by atoms with E-state index in [0.29, 0.717) is 17.9 Å². The number of hydrogen-bond donors (Lipinski definition) is 2. The van der Waals surface area contributed by atoms with Gasteiger partial charge in [0.05, 0.1) is 10.7 Å². The minimum absolute atomic E-state index is 0.198. The van der Waals surface area contributed by atoms with Crippen molar-refractivity contribution in [3.05, 3.63) is 49.1 Å². The highest BCUT2D eigenvalue weighted by molar-refractivity contribution is 14.1. The standard InChI is InChI=1S/C16H15I2NO4/c1-22-16(21)14(19)6-9-2-4-11(8-12(9)17)23-15-5-3-10(20)7-13(15)18/h2-5,7-8,14,20H,6,19H2,1H3. The quantitative estimate of drug-likeness (QED) is 0.450. The van der Waals surface area contributed by atoms with E-state index in [1.807, 2.05) is 18.2 Å². The third-order valence-electron chi connectivity index (χ3n) is 3.11. The van der Waals surface area contributed by atoms with E-state index < -0.39 is 12.0 Å². The monoisotopic (exact) mass is 539 g/mol. The number of phenols is 1. The van der Waals surface area contributed by atoms with Crippen LogP contribution in [0.4, 0.5) is 0 Å². The van der Waals surface area contributed by atoms with Crippen molar-refractivity contribution < 1.29 is 19.4 Å². The Bertz CT molecular complexity index is 721. The summed E-state index contributed by atoms with van der Waals surface area (Å²) in [5.74, 6) is 1.11.